The molecule has 104 valence electrons. The third-order valence-corrected chi connectivity index (χ3v) is 4.12. The quantitative estimate of drug-likeness (QED) is 0.795. The highest BCUT2D eigenvalue weighted by molar-refractivity contribution is 5.71. The zero-order chi connectivity index (χ0) is 13.8. The fourth-order valence-electron chi connectivity index (χ4n) is 3.08. The summed E-state index contributed by atoms with van der Waals surface area (Å²) in [7, 11) is 0. The summed E-state index contributed by atoms with van der Waals surface area (Å²) < 4.78 is 0. The minimum atomic E-state index is -0.706. The van der Waals surface area contributed by atoms with E-state index in [0.717, 1.165) is 6.54 Å². The Morgan fingerprint density at radius 3 is 2.74 bits per heavy atom. The largest absolute Gasteiger partial charge is 0.481 e. The Bertz CT molecular complexity index is 444. The van der Waals surface area contributed by atoms with Crippen LogP contribution in [0.15, 0.2) is 24.3 Å². The molecule has 3 heteroatoms. The maximum atomic E-state index is 11.1. The summed E-state index contributed by atoms with van der Waals surface area (Å²) >= 11 is 0. The van der Waals surface area contributed by atoms with Gasteiger partial charge in [-0.1, -0.05) is 38.0 Å². The molecule has 1 N–H and O–H groups in total. The number of carbonyl (C=O) groups is 1. The summed E-state index contributed by atoms with van der Waals surface area (Å²) in [4.78, 5) is 13.4. The van der Waals surface area contributed by atoms with Crippen LogP contribution in [0.25, 0.3) is 0 Å². The van der Waals surface area contributed by atoms with Crippen LogP contribution in [0.3, 0.4) is 0 Å². The molecule has 2 rings (SSSR count). The Morgan fingerprint density at radius 2 is 2.05 bits per heavy atom. The molecule has 3 nitrogen and oxygen atoms in total. The normalized spacial score (nSPS) is 21.5. The van der Waals surface area contributed by atoms with Crippen molar-refractivity contribution >= 4 is 11.7 Å². The number of nitrogens with zero attached hydrogens (tertiary/aromatic N) is 1. The van der Waals surface area contributed by atoms with Gasteiger partial charge < -0.3 is 10.0 Å². The zero-order valence-corrected chi connectivity index (χ0v) is 11.8. The van der Waals surface area contributed by atoms with E-state index in [9.17, 15) is 4.79 Å². The lowest BCUT2D eigenvalue weighted by Crippen LogP contribution is -2.33. The summed E-state index contributed by atoms with van der Waals surface area (Å²) in [5.74, 6) is -0.586. The van der Waals surface area contributed by atoms with Crippen molar-refractivity contribution in [3.05, 3.63) is 29.8 Å². The number of aliphatic carboxylic acids is 1. The maximum absolute atomic E-state index is 11.1. The van der Waals surface area contributed by atoms with Gasteiger partial charge in [0.2, 0.25) is 0 Å². The molecule has 0 fully saturated rings. The lowest BCUT2D eigenvalue weighted by atomic mass is 9.93. The minimum Gasteiger partial charge on any atom is -0.481 e. The van der Waals surface area contributed by atoms with Gasteiger partial charge in [0.25, 0.3) is 0 Å². The molecule has 2 unspecified atom stereocenters. The number of anilines is 1. The lowest BCUT2D eigenvalue weighted by Gasteiger charge is -2.27. The van der Waals surface area contributed by atoms with Crippen LogP contribution in [0, 0.1) is 0 Å². The highest BCUT2D eigenvalue weighted by atomic mass is 16.4. The van der Waals surface area contributed by atoms with E-state index in [4.69, 9.17) is 5.11 Å². The average molecular weight is 261 g/mol. The number of carboxylic acid groups (broad SMARTS) is 1. The molecule has 0 bridgehead atoms. The molecule has 1 aromatic rings. The van der Waals surface area contributed by atoms with Crippen LogP contribution in [0.4, 0.5) is 5.69 Å². The molecule has 2 atom stereocenters. The number of hydrogen-bond donors (Lipinski definition) is 1. The van der Waals surface area contributed by atoms with Crippen LogP contribution in [0.5, 0.6) is 0 Å². The summed E-state index contributed by atoms with van der Waals surface area (Å²) in [6, 6.07) is 8.54. The highest BCUT2D eigenvalue weighted by Gasteiger charge is 2.35. The second kappa shape index (κ2) is 6.09. The van der Waals surface area contributed by atoms with Crippen molar-refractivity contribution < 1.29 is 9.90 Å². The van der Waals surface area contributed by atoms with Crippen molar-refractivity contribution in [3.63, 3.8) is 0 Å². The molecular formula is C16H23NO2. The van der Waals surface area contributed by atoms with E-state index in [1.54, 1.807) is 0 Å². The van der Waals surface area contributed by atoms with Gasteiger partial charge in [0.15, 0.2) is 0 Å². The third-order valence-electron chi connectivity index (χ3n) is 4.12. The first-order valence-corrected chi connectivity index (χ1v) is 7.22. The van der Waals surface area contributed by atoms with Crippen LogP contribution >= 0.6 is 0 Å². The van der Waals surface area contributed by atoms with E-state index >= 15 is 0 Å². The Hall–Kier alpha value is -1.51. The Labute approximate surface area is 115 Å². The highest BCUT2D eigenvalue weighted by Crippen LogP contribution is 2.42. The van der Waals surface area contributed by atoms with E-state index in [-0.39, 0.29) is 18.4 Å². The average Bonchev–Trinajstić information content (AvgIpc) is 2.64. The van der Waals surface area contributed by atoms with Gasteiger partial charge in [-0.25, -0.2) is 0 Å². The smallest absolute Gasteiger partial charge is 0.304 e. The van der Waals surface area contributed by atoms with Crippen LogP contribution in [-0.4, -0.2) is 23.7 Å². The van der Waals surface area contributed by atoms with Gasteiger partial charge >= 0.3 is 5.97 Å². The SMILES string of the molecule is CCCCCN1c2ccccc2C(CC(=O)O)C1C. The van der Waals surface area contributed by atoms with Crippen LogP contribution in [0.1, 0.15) is 51.0 Å². The van der Waals surface area contributed by atoms with Crippen molar-refractivity contribution in [1.82, 2.24) is 0 Å². The third kappa shape index (κ3) is 2.91. The van der Waals surface area contributed by atoms with Crippen LogP contribution in [-0.2, 0) is 4.79 Å². The van der Waals surface area contributed by atoms with E-state index in [2.05, 4.69) is 30.9 Å². The van der Waals surface area contributed by atoms with Gasteiger partial charge in [-0.15, -0.1) is 0 Å². The van der Waals surface area contributed by atoms with Crippen LogP contribution < -0.4 is 4.90 Å². The second-order valence-corrected chi connectivity index (χ2v) is 5.40. The molecule has 0 aromatic heterocycles. The number of hydrogen-bond acceptors (Lipinski definition) is 2. The van der Waals surface area contributed by atoms with E-state index in [1.165, 1.54) is 30.5 Å². The topological polar surface area (TPSA) is 40.5 Å². The molecule has 0 saturated carbocycles. The van der Waals surface area contributed by atoms with Gasteiger partial charge in [0.05, 0.1) is 6.42 Å². The Balaban J connectivity index is 2.19. The molecule has 0 spiro atoms. The number of rotatable bonds is 6. The van der Waals surface area contributed by atoms with Crippen molar-refractivity contribution in [2.75, 3.05) is 11.4 Å². The molecule has 0 radical (unpaired) electrons. The van der Waals surface area contributed by atoms with Crippen molar-refractivity contribution in [2.24, 2.45) is 0 Å². The molecule has 0 saturated heterocycles. The van der Waals surface area contributed by atoms with Crippen molar-refractivity contribution in [3.8, 4) is 0 Å². The molecule has 1 aromatic carbocycles. The number of unbranched alkanes of at least 4 members (excludes halogenated alkanes) is 2. The number of para-hydroxylation sites is 1. The van der Waals surface area contributed by atoms with Crippen molar-refractivity contribution in [1.29, 1.82) is 0 Å². The molecule has 0 amide bonds. The second-order valence-electron chi connectivity index (χ2n) is 5.40. The monoisotopic (exact) mass is 261 g/mol. The zero-order valence-electron chi connectivity index (χ0n) is 11.8. The molecule has 0 aliphatic carbocycles. The van der Waals surface area contributed by atoms with E-state index < -0.39 is 5.97 Å². The summed E-state index contributed by atoms with van der Waals surface area (Å²) in [5, 5.41) is 9.10. The molecule has 19 heavy (non-hydrogen) atoms. The Morgan fingerprint density at radius 1 is 1.32 bits per heavy atom. The van der Waals surface area contributed by atoms with E-state index in [1.807, 2.05) is 12.1 Å². The fraction of sp³-hybridized carbons (Fsp3) is 0.562. The first-order valence-electron chi connectivity index (χ1n) is 7.22. The maximum Gasteiger partial charge on any atom is 0.304 e. The minimum absolute atomic E-state index is 0.121. The number of fused-ring (bicyclic) bond motifs is 1. The van der Waals surface area contributed by atoms with Gasteiger partial charge in [-0.3, -0.25) is 4.79 Å². The molecule has 1 aliphatic heterocycles. The summed E-state index contributed by atoms with van der Waals surface area (Å²) in [6.45, 7) is 5.39. The van der Waals surface area contributed by atoms with Gasteiger partial charge in [-0.2, -0.15) is 0 Å². The van der Waals surface area contributed by atoms with Gasteiger partial charge in [-0.05, 0) is 25.0 Å². The summed E-state index contributed by atoms with van der Waals surface area (Å²) in [6.07, 6.45) is 3.84. The van der Waals surface area contributed by atoms with Gasteiger partial charge in [0.1, 0.15) is 0 Å². The predicted octanol–water partition coefficient (Wildman–Crippen LogP) is 3.64. The molecule has 1 heterocycles. The Kier molecular flexibility index (Phi) is 4.46. The fourth-order valence-corrected chi connectivity index (χ4v) is 3.08. The van der Waals surface area contributed by atoms with E-state index in [0.29, 0.717) is 0 Å². The lowest BCUT2D eigenvalue weighted by molar-refractivity contribution is -0.137. The molecular weight excluding hydrogens is 238 g/mol. The number of carboxylic acids is 1. The predicted molar refractivity (Wildman–Crippen MR) is 77.8 cm³/mol. The van der Waals surface area contributed by atoms with Crippen molar-refractivity contribution in [2.45, 2.75) is 51.5 Å². The summed E-state index contributed by atoms with van der Waals surface area (Å²) in [5.41, 5.74) is 2.44. The van der Waals surface area contributed by atoms with Gasteiger partial charge in [0, 0.05) is 24.2 Å². The standard InChI is InChI=1S/C16H23NO2/c1-3-4-7-10-17-12(2)14(11-16(18)19)13-8-5-6-9-15(13)17/h5-6,8-9,12,14H,3-4,7,10-11H2,1-2H3,(H,18,19). The van der Waals surface area contributed by atoms with Crippen LogP contribution in [0.2, 0.25) is 0 Å². The first kappa shape index (κ1) is 13.9. The number of benzene rings is 1. The molecule has 1 aliphatic rings. The first-order chi connectivity index (χ1) is 9.15.